The lowest BCUT2D eigenvalue weighted by molar-refractivity contribution is -0.135. The van der Waals surface area contributed by atoms with Crippen LogP contribution in [0.15, 0.2) is 11.6 Å². The summed E-state index contributed by atoms with van der Waals surface area (Å²) in [5.41, 5.74) is 0.619. The lowest BCUT2D eigenvalue weighted by atomic mass is 9.93. The first kappa shape index (κ1) is 8.97. The fourth-order valence-corrected chi connectivity index (χ4v) is 1.25. The smallest absolute Gasteiger partial charge is 0.330 e. The van der Waals surface area contributed by atoms with Gasteiger partial charge in [0.2, 0.25) is 0 Å². The van der Waals surface area contributed by atoms with Crippen LogP contribution in [0.3, 0.4) is 0 Å². The standard InChI is InChI=1S/C9H12O3/c1-12-9(11)6-7-4-2-3-5-8(7)10/h6H,2-5H2,1H3/b7-6-. The molecule has 3 nitrogen and oxygen atoms in total. The van der Waals surface area contributed by atoms with Gasteiger partial charge in [-0.15, -0.1) is 0 Å². The molecule has 0 amide bonds. The molecule has 12 heavy (non-hydrogen) atoms. The largest absolute Gasteiger partial charge is 0.466 e. The SMILES string of the molecule is COC(=O)/C=C1/CCCCC1=O. The summed E-state index contributed by atoms with van der Waals surface area (Å²) in [5, 5.41) is 0. The van der Waals surface area contributed by atoms with Gasteiger partial charge in [0.25, 0.3) is 0 Å². The third-order valence-corrected chi connectivity index (χ3v) is 1.95. The van der Waals surface area contributed by atoms with Crippen LogP contribution in [0.2, 0.25) is 0 Å². The van der Waals surface area contributed by atoms with Crippen molar-refractivity contribution in [1.29, 1.82) is 0 Å². The fraction of sp³-hybridized carbons (Fsp3) is 0.556. The van der Waals surface area contributed by atoms with Crippen molar-refractivity contribution in [1.82, 2.24) is 0 Å². The van der Waals surface area contributed by atoms with Gasteiger partial charge in [0.1, 0.15) is 0 Å². The zero-order valence-electron chi connectivity index (χ0n) is 7.13. The van der Waals surface area contributed by atoms with Gasteiger partial charge in [-0.3, -0.25) is 4.79 Å². The van der Waals surface area contributed by atoms with E-state index in [1.807, 2.05) is 0 Å². The first-order valence-corrected chi connectivity index (χ1v) is 4.06. The highest BCUT2D eigenvalue weighted by Crippen LogP contribution is 2.19. The Labute approximate surface area is 71.4 Å². The average Bonchev–Trinajstić information content (AvgIpc) is 2.09. The van der Waals surface area contributed by atoms with Gasteiger partial charge < -0.3 is 4.74 Å². The van der Waals surface area contributed by atoms with Crippen molar-refractivity contribution in [2.75, 3.05) is 7.11 Å². The summed E-state index contributed by atoms with van der Waals surface area (Å²) in [5.74, 6) is -0.341. The summed E-state index contributed by atoms with van der Waals surface area (Å²) < 4.78 is 4.43. The highest BCUT2D eigenvalue weighted by atomic mass is 16.5. The monoisotopic (exact) mass is 168 g/mol. The molecular formula is C9H12O3. The molecule has 0 aromatic heterocycles. The normalized spacial score (nSPS) is 21.1. The van der Waals surface area contributed by atoms with E-state index in [0.29, 0.717) is 18.4 Å². The molecule has 1 fully saturated rings. The lowest BCUT2D eigenvalue weighted by Gasteiger charge is -2.11. The molecule has 66 valence electrons. The van der Waals surface area contributed by atoms with E-state index in [-0.39, 0.29) is 5.78 Å². The third kappa shape index (κ3) is 2.19. The van der Waals surface area contributed by atoms with Crippen LogP contribution in [0.1, 0.15) is 25.7 Å². The number of rotatable bonds is 1. The summed E-state index contributed by atoms with van der Waals surface area (Å²) in [6.07, 6.45) is 4.53. The number of hydrogen-bond donors (Lipinski definition) is 0. The van der Waals surface area contributed by atoms with Crippen LogP contribution in [0.25, 0.3) is 0 Å². The van der Waals surface area contributed by atoms with Gasteiger partial charge >= 0.3 is 5.97 Å². The summed E-state index contributed by atoms with van der Waals surface area (Å²) >= 11 is 0. The van der Waals surface area contributed by atoms with E-state index in [4.69, 9.17) is 0 Å². The summed E-state index contributed by atoms with van der Waals surface area (Å²) in [7, 11) is 1.31. The Bertz CT molecular complexity index is 228. The van der Waals surface area contributed by atoms with E-state index in [2.05, 4.69) is 4.74 Å². The van der Waals surface area contributed by atoms with Crippen LogP contribution in [0.5, 0.6) is 0 Å². The molecule has 1 rings (SSSR count). The molecule has 0 aromatic rings. The molecule has 1 aliphatic rings. The Morgan fingerprint density at radius 1 is 1.42 bits per heavy atom. The van der Waals surface area contributed by atoms with Crippen molar-refractivity contribution >= 4 is 11.8 Å². The minimum absolute atomic E-state index is 0.0895. The van der Waals surface area contributed by atoms with E-state index >= 15 is 0 Å². The van der Waals surface area contributed by atoms with E-state index in [1.165, 1.54) is 13.2 Å². The molecule has 0 N–H and O–H groups in total. The predicted octanol–water partition coefficient (Wildman–Crippen LogP) is 1.23. The van der Waals surface area contributed by atoms with Gasteiger partial charge in [-0.2, -0.15) is 0 Å². The maximum atomic E-state index is 11.2. The van der Waals surface area contributed by atoms with Crippen LogP contribution in [0, 0.1) is 0 Å². The van der Waals surface area contributed by atoms with Crippen LogP contribution in [-0.2, 0) is 14.3 Å². The number of carbonyl (C=O) groups is 2. The quantitative estimate of drug-likeness (QED) is 0.437. The van der Waals surface area contributed by atoms with E-state index in [9.17, 15) is 9.59 Å². The summed E-state index contributed by atoms with van der Waals surface area (Å²) in [4.78, 5) is 21.9. The minimum atomic E-state index is -0.430. The molecule has 0 spiro atoms. The van der Waals surface area contributed by atoms with E-state index < -0.39 is 5.97 Å². The van der Waals surface area contributed by atoms with E-state index in [0.717, 1.165) is 12.8 Å². The lowest BCUT2D eigenvalue weighted by Crippen LogP contribution is -2.10. The number of ether oxygens (including phenoxy) is 1. The zero-order valence-corrected chi connectivity index (χ0v) is 7.13. The second-order valence-corrected chi connectivity index (χ2v) is 2.82. The Morgan fingerprint density at radius 3 is 2.67 bits per heavy atom. The van der Waals surface area contributed by atoms with Crippen LogP contribution in [-0.4, -0.2) is 18.9 Å². The fourth-order valence-electron chi connectivity index (χ4n) is 1.25. The number of methoxy groups -OCH3 is 1. The minimum Gasteiger partial charge on any atom is -0.466 e. The number of ketones is 1. The second-order valence-electron chi connectivity index (χ2n) is 2.82. The maximum Gasteiger partial charge on any atom is 0.330 e. The number of hydrogen-bond acceptors (Lipinski definition) is 3. The zero-order chi connectivity index (χ0) is 8.97. The van der Waals surface area contributed by atoms with Gasteiger partial charge in [0, 0.05) is 18.1 Å². The summed E-state index contributed by atoms with van der Waals surface area (Å²) in [6, 6.07) is 0. The Balaban J connectivity index is 2.65. The predicted molar refractivity (Wildman–Crippen MR) is 43.6 cm³/mol. The second kappa shape index (κ2) is 4.04. The average molecular weight is 168 g/mol. The van der Waals surface area contributed by atoms with E-state index in [1.54, 1.807) is 0 Å². The first-order valence-electron chi connectivity index (χ1n) is 4.06. The van der Waals surface area contributed by atoms with Gasteiger partial charge in [-0.1, -0.05) is 0 Å². The molecule has 0 atom stereocenters. The van der Waals surface area contributed by atoms with Crippen LogP contribution >= 0.6 is 0 Å². The van der Waals surface area contributed by atoms with Gasteiger partial charge in [-0.25, -0.2) is 4.79 Å². The molecule has 0 radical (unpaired) electrons. The maximum absolute atomic E-state index is 11.2. The van der Waals surface area contributed by atoms with Crippen molar-refractivity contribution in [3.8, 4) is 0 Å². The Morgan fingerprint density at radius 2 is 2.08 bits per heavy atom. The van der Waals surface area contributed by atoms with Crippen molar-refractivity contribution in [2.45, 2.75) is 25.7 Å². The van der Waals surface area contributed by atoms with Crippen LogP contribution < -0.4 is 0 Å². The molecule has 3 heteroatoms. The number of esters is 1. The topological polar surface area (TPSA) is 43.4 Å². The number of allylic oxidation sites excluding steroid dienone is 1. The molecule has 0 aliphatic heterocycles. The molecule has 1 aliphatic carbocycles. The third-order valence-electron chi connectivity index (χ3n) is 1.95. The van der Waals surface area contributed by atoms with Gasteiger partial charge in [0.15, 0.2) is 5.78 Å². The van der Waals surface area contributed by atoms with Gasteiger partial charge in [0.05, 0.1) is 7.11 Å². The molecule has 0 heterocycles. The summed E-state index contributed by atoms with van der Waals surface area (Å²) in [6.45, 7) is 0. The van der Waals surface area contributed by atoms with Crippen molar-refractivity contribution in [3.05, 3.63) is 11.6 Å². The van der Waals surface area contributed by atoms with Crippen molar-refractivity contribution in [3.63, 3.8) is 0 Å². The Kier molecular flexibility index (Phi) is 3.02. The molecule has 0 unspecified atom stereocenters. The van der Waals surface area contributed by atoms with Gasteiger partial charge in [-0.05, 0) is 19.3 Å². The number of carbonyl (C=O) groups excluding carboxylic acids is 2. The highest BCUT2D eigenvalue weighted by Gasteiger charge is 2.15. The highest BCUT2D eigenvalue weighted by molar-refractivity contribution is 6.01. The van der Waals surface area contributed by atoms with Crippen molar-refractivity contribution < 1.29 is 14.3 Å². The van der Waals surface area contributed by atoms with Crippen LogP contribution in [0.4, 0.5) is 0 Å². The number of Topliss-reactive ketones (excluding diaryl/α,β-unsaturated/α-hetero) is 1. The van der Waals surface area contributed by atoms with Crippen molar-refractivity contribution in [2.24, 2.45) is 0 Å². The Hall–Kier alpha value is -1.12. The molecule has 1 saturated carbocycles. The molecule has 0 aromatic carbocycles. The molecular weight excluding hydrogens is 156 g/mol. The molecule has 0 saturated heterocycles. The first-order chi connectivity index (χ1) is 5.74. The molecule has 0 bridgehead atoms.